The Morgan fingerprint density at radius 1 is 1.10 bits per heavy atom. The van der Waals surface area contributed by atoms with E-state index >= 15 is 0 Å². The SMILES string of the molecule is NNC(c1ccc(OC2CC2)cc1)c1cc(Br)ccc1Br. The highest BCUT2D eigenvalue weighted by Crippen LogP contribution is 2.32. The van der Waals surface area contributed by atoms with Crippen molar-refractivity contribution >= 4 is 31.9 Å². The summed E-state index contributed by atoms with van der Waals surface area (Å²) >= 11 is 7.09. The van der Waals surface area contributed by atoms with Gasteiger partial charge in [-0.1, -0.05) is 44.0 Å². The van der Waals surface area contributed by atoms with Gasteiger partial charge >= 0.3 is 0 Å². The lowest BCUT2D eigenvalue weighted by atomic mass is 9.99. The average Bonchev–Trinajstić information content (AvgIpc) is 3.29. The molecule has 1 atom stereocenters. The van der Waals surface area contributed by atoms with Crippen LogP contribution in [0.1, 0.15) is 30.0 Å². The smallest absolute Gasteiger partial charge is 0.119 e. The molecule has 0 spiro atoms. The molecule has 5 heteroatoms. The summed E-state index contributed by atoms with van der Waals surface area (Å²) < 4.78 is 7.82. The van der Waals surface area contributed by atoms with Crippen LogP contribution < -0.4 is 16.0 Å². The topological polar surface area (TPSA) is 47.3 Å². The molecular formula is C16H16Br2N2O. The van der Waals surface area contributed by atoms with Gasteiger partial charge in [-0.2, -0.15) is 0 Å². The molecule has 3 rings (SSSR count). The highest BCUT2D eigenvalue weighted by atomic mass is 79.9. The van der Waals surface area contributed by atoms with Crippen LogP contribution in [-0.4, -0.2) is 6.10 Å². The quantitative estimate of drug-likeness (QED) is 0.569. The Morgan fingerprint density at radius 2 is 1.81 bits per heavy atom. The van der Waals surface area contributed by atoms with E-state index < -0.39 is 0 Å². The van der Waals surface area contributed by atoms with Gasteiger partial charge in [-0.05, 0) is 54.3 Å². The lowest BCUT2D eigenvalue weighted by molar-refractivity contribution is 0.303. The number of hydrogen-bond acceptors (Lipinski definition) is 3. The largest absolute Gasteiger partial charge is 0.490 e. The first-order valence-corrected chi connectivity index (χ1v) is 8.43. The van der Waals surface area contributed by atoms with Crippen LogP contribution in [0.4, 0.5) is 0 Å². The third-order valence-corrected chi connectivity index (χ3v) is 4.69. The van der Waals surface area contributed by atoms with Gasteiger partial charge in [0.1, 0.15) is 5.75 Å². The predicted octanol–water partition coefficient (Wildman–Crippen LogP) is 4.31. The molecule has 0 heterocycles. The molecule has 1 aliphatic rings. The lowest BCUT2D eigenvalue weighted by Crippen LogP contribution is -2.29. The number of nitrogens with one attached hydrogen (secondary N) is 1. The minimum atomic E-state index is -0.0770. The first kappa shape index (κ1) is 15.0. The average molecular weight is 412 g/mol. The van der Waals surface area contributed by atoms with Crippen LogP contribution in [-0.2, 0) is 0 Å². The van der Waals surface area contributed by atoms with Gasteiger partial charge in [0.25, 0.3) is 0 Å². The standard InChI is InChI=1S/C16H16Br2N2O/c17-11-3-8-15(18)14(9-11)16(20-19)10-1-4-12(5-2-10)21-13-6-7-13/h1-5,8-9,13,16,20H,6-7,19H2. The van der Waals surface area contributed by atoms with Crippen molar-refractivity contribution in [2.24, 2.45) is 5.84 Å². The molecule has 0 aliphatic heterocycles. The molecule has 21 heavy (non-hydrogen) atoms. The normalized spacial score (nSPS) is 15.8. The van der Waals surface area contributed by atoms with Crippen molar-refractivity contribution in [3.05, 3.63) is 62.5 Å². The zero-order chi connectivity index (χ0) is 14.8. The summed E-state index contributed by atoms with van der Waals surface area (Å²) in [5.41, 5.74) is 5.07. The zero-order valence-corrected chi connectivity index (χ0v) is 14.5. The molecule has 0 saturated heterocycles. The summed E-state index contributed by atoms with van der Waals surface area (Å²) in [5.74, 6) is 6.69. The van der Waals surface area contributed by atoms with Crippen molar-refractivity contribution < 1.29 is 4.74 Å². The van der Waals surface area contributed by atoms with Crippen molar-refractivity contribution in [3.63, 3.8) is 0 Å². The summed E-state index contributed by atoms with van der Waals surface area (Å²) in [6, 6.07) is 14.1. The van der Waals surface area contributed by atoms with Crippen molar-refractivity contribution in [2.75, 3.05) is 0 Å². The molecule has 1 aliphatic carbocycles. The molecule has 0 aromatic heterocycles. The van der Waals surface area contributed by atoms with Gasteiger partial charge in [0.15, 0.2) is 0 Å². The molecule has 2 aromatic carbocycles. The number of hydrazine groups is 1. The minimum Gasteiger partial charge on any atom is -0.490 e. The maximum atomic E-state index is 5.77. The van der Waals surface area contributed by atoms with E-state index in [-0.39, 0.29) is 6.04 Å². The Morgan fingerprint density at radius 3 is 2.43 bits per heavy atom. The van der Waals surface area contributed by atoms with Crippen LogP contribution in [0.3, 0.4) is 0 Å². The van der Waals surface area contributed by atoms with Gasteiger partial charge in [-0.3, -0.25) is 5.84 Å². The molecule has 1 fully saturated rings. The van der Waals surface area contributed by atoms with Gasteiger partial charge in [-0.25, -0.2) is 5.43 Å². The van der Waals surface area contributed by atoms with Gasteiger partial charge in [0.05, 0.1) is 12.1 Å². The van der Waals surface area contributed by atoms with Gasteiger partial charge in [-0.15, -0.1) is 0 Å². The minimum absolute atomic E-state index is 0.0770. The molecule has 3 nitrogen and oxygen atoms in total. The highest BCUT2D eigenvalue weighted by Gasteiger charge is 2.23. The van der Waals surface area contributed by atoms with E-state index in [2.05, 4.69) is 55.5 Å². The summed E-state index contributed by atoms with van der Waals surface area (Å²) in [4.78, 5) is 0. The monoisotopic (exact) mass is 410 g/mol. The van der Waals surface area contributed by atoms with Gasteiger partial charge < -0.3 is 4.74 Å². The Hall–Kier alpha value is -0.880. The third-order valence-electron chi connectivity index (χ3n) is 3.48. The van der Waals surface area contributed by atoms with E-state index in [1.54, 1.807) is 0 Å². The highest BCUT2D eigenvalue weighted by molar-refractivity contribution is 9.11. The zero-order valence-electron chi connectivity index (χ0n) is 11.4. The van der Waals surface area contributed by atoms with E-state index in [0.717, 1.165) is 25.8 Å². The number of rotatable bonds is 5. The fourth-order valence-electron chi connectivity index (χ4n) is 2.22. The van der Waals surface area contributed by atoms with E-state index in [0.29, 0.717) is 6.10 Å². The van der Waals surface area contributed by atoms with E-state index in [1.807, 2.05) is 24.3 Å². The van der Waals surface area contributed by atoms with Crippen LogP contribution in [0.5, 0.6) is 5.75 Å². The second-order valence-electron chi connectivity index (χ2n) is 5.15. The van der Waals surface area contributed by atoms with Crippen LogP contribution in [0.2, 0.25) is 0 Å². The maximum Gasteiger partial charge on any atom is 0.119 e. The molecule has 1 unspecified atom stereocenters. The fourth-order valence-corrected chi connectivity index (χ4v) is 3.07. The Balaban J connectivity index is 1.86. The second kappa shape index (κ2) is 6.48. The molecule has 2 aromatic rings. The van der Waals surface area contributed by atoms with Gasteiger partial charge in [0.2, 0.25) is 0 Å². The van der Waals surface area contributed by atoms with Crippen molar-refractivity contribution in [1.29, 1.82) is 0 Å². The molecule has 110 valence electrons. The van der Waals surface area contributed by atoms with E-state index in [9.17, 15) is 0 Å². The predicted molar refractivity (Wildman–Crippen MR) is 91.1 cm³/mol. The molecular weight excluding hydrogens is 396 g/mol. The lowest BCUT2D eigenvalue weighted by Gasteiger charge is -2.19. The second-order valence-corrected chi connectivity index (χ2v) is 6.92. The molecule has 0 amide bonds. The Labute approximate surface area is 141 Å². The number of benzene rings is 2. The van der Waals surface area contributed by atoms with Crippen molar-refractivity contribution in [2.45, 2.75) is 25.0 Å². The Bertz CT molecular complexity index is 627. The first-order valence-electron chi connectivity index (χ1n) is 6.85. The van der Waals surface area contributed by atoms with Crippen molar-refractivity contribution in [1.82, 2.24) is 5.43 Å². The van der Waals surface area contributed by atoms with E-state index in [1.165, 1.54) is 12.8 Å². The molecule has 0 bridgehead atoms. The first-order chi connectivity index (χ1) is 10.2. The summed E-state index contributed by atoms with van der Waals surface area (Å²) in [6.07, 6.45) is 2.75. The summed E-state index contributed by atoms with van der Waals surface area (Å²) in [7, 11) is 0. The Kier molecular flexibility index (Phi) is 4.64. The van der Waals surface area contributed by atoms with Gasteiger partial charge in [0, 0.05) is 8.95 Å². The molecule has 3 N–H and O–H groups in total. The summed E-state index contributed by atoms with van der Waals surface area (Å²) in [6.45, 7) is 0. The van der Waals surface area contributed by atoms with Crippen LogP contribution in [0.25, 0.3) is 0 Å². The van der Waals surface area contributed by atoms with Crippen LogP contribution in [0, 0.1) is 0 Å². The maximum absolute atomic E-state index is 5.77. The number of ether oxygens (including phenoxy) is 1. The van der Waals surface area contributed by atoms with Crippen LogP contribution >= 0.6 is 31.9 Å². The fraction of sp³-hybridized carbons (Fsp3) is 0.250. The van der Waals surface area contributed by atoms with E-state index in [4.69, 9.17) is 10.6 Å². The molecule has 1 saturated carbocycles. The molecule has 0 radical (unpaired) electrons. The number of hydrogen-bond donors (Lipinski definition) is 2. The number of halogens is 2. The van der Waals surface area contributed by atoms with Crippen molar-refractivity contribution in [3.8, 4) is 5.75 Å². The summed E-state index contributed by atoms with van der Waals surface area (Å²) in [5, 5.41) is 0. The third kappa shape index (κ3) is 3.66. The van der Waals surface area contributed by atoms with Crippen LogP contribution in [0.15, 0.2) is 51.4 Å². The number of nitrogens with two attached hydrogens (primary N) is 1.